The third-order valence-corrected chi connectivity index (χ3v) is 8.91. The summed E-state index contributed by atoms with van der Waals surface area (Å²) in [4.78, 5) is 15.2. The molecule has 5 nitrogen and oxygen atoms in total. The van der Waals surface area contributed by atoms with Crippen LogP contribution in [0.15, 0.2) is 84.9 Å². The Hall–Kier alpha value is -3.51. The van der Waals surface area contributed by atoms with Crippen molar-refractivity contribution in [1.82, 2.24) is 4.90 Å². The zero-order valence-corrected chi connectivity index (χ0v) is 25.2. The molecule has 2 heterocycles. The van der Waals surface area contributed by atoms with Gasteiger partial charge in [-0.2, -0.15) is 0 Å². The number of Topliss-reactive ketones (excluding diaryl/α,β-unsaturated/α-hetero) is 1. The van der Waals surface area contributed by atoms with Crippen LogP contribution in [0.2, 0.25) is 10.0 Å². The van der Waals surface area contributed by atoms with Crippen LogP contribution < -0.4 is 14.2 Å². The topological polar surface area (TPSA) is 48.0 Å². The summed E-state index contributed by atoms with van der Waals surface area (Å²) < 4.78 is 18.6. The fraction of sp³-hybridized carbons (Fsp3) is 0.286. The lowest BCUT2D eigenvalue weighted by molar-refractivity contribution is -0.124. The van der Waals surface area contributed by atoms with E-state index in [2.05, 4.69) is 48.2 Å². The number of ether oxygens (including phenoxy) is 3. The van der Waals surface area contributed by atoms with Gasteiger partial charge in [0.25, 0.3) is 0 Å². The summed E-state index contributed by atoms with van der Waals surface area (Å²) in [6, 6.07) is 28.0. The molecule has 6 rings (SSSR count). The van der Waals surface area contributed by atoms with Gasteiger partial charge in [0.15, 0.2) is 17.6 Å². The van der Waals surface area contributed by atoms with Gasteiger partial charge in [0, 0.05) is 12.6 Å². The molecule has 0 spiro atoms. The summed E-state index contributed by atoms with van der Waals surface area (Å²) in [5.74, 6) is 2.41. The first-order valence-electron chi connectivity index (χ1n) is 14.3. The smallest absolute Gasteiger partial charge is 0.162 e. The van der Waals surface area contributed by atoms with Crippen LogP contribution in [0, 0.1) is 0 Å². The molecule has 0 amide bonds. The van der Waals surface area contributed by atoms with E-state index in [9.17, 15) is 4.79 Å². The molecule has 0 radical (unpaired) electrons. The molecule has 4 aromatic rings. The predicted molar refractivity (Wildman–Crippen MR) is 166 cm³/mol. The van der Waals surface area contributed by atoms with Crippen molar-refractivity contribution in [1.29, 1.82) is 0 Å². The Bertz CT molecular complexity index is 1570. The summed E-state index contributed by atoms with van der Waals surface area (Å²) in [5.41, 5.74) is 5.51. The van der Waals surface area contributed by atoms with Crippen molar-refractivity contribution in [3.8, 4) is 17.2 Å². The Kier molecular flexibility index (Phi) is 8.43. The van der Waals surface area contributed by atoms with E-state index >= 15 is 0 Å². The third kappa shape index (κ3) is 6.00. The van der Waals surface area contributed by atoms with Crippen LogP contribution in [0.4, 0.5) is 0 Å². The van der Waals surface area contributed by atoms with Gasteiger partial charge in [-0.05, 0) is 84.0 Å². The van der Waals surface area contributed by atoms with Crippen molar-refractivity contribution in [2.75, 3.05) is 6.61 Å². The summed E-state index contributed by atoms with van der Waals surface area (Å²) in [5, 5.41) is 1.04. The summed E-state index contributed by atoms with van der Waals surface area (Å²) in [6.07, 6.45) is 1.35. The monoisotopic (exact) mass is 601 g/mol. The number of fused-ring (bicyclic) bond motifs is 2. The molecule has 2 aliphatic rings. The average molecular weight is 603 g/mol. The van der Waals surface area contributed by atoms with E-state index in [1.165, 1.54) is 11.1 Å². The van der Waals surface area contributed by atoms with Gasteiger partial charge in [-0.1, -0.05) is 78.7 Å². The molecule has 2 aliphatic heterocycles. The maximum Gasteiger partial charge on any atom is 0.162 e. The SMILES string of the molecule is CC[C@@H](c1ccccc1)N1Cc2cc3c(cc2C[C@H]1C(C)=O)OC[C@H](c1ccc(OCc2ccc(Cl)c(Cl)c2)cc1)O3. The van der Waals surface area contributed by atoms with Crippen LogP contribution in [0.5, 0.6) is 17.2 Å². The molecular weight excluding hydrogens is 569 g/mol. The molecule has 3 atom stereocenters. The number of benzene rings is 4. The number of hydrogen-bond acceptors (Lipinski definition) is 5. The number of carbonyl (C=O) groups is 1. The molecule has 0 aliphatic carbocycles. The van der Waals surface area contributed by atoms with E-state index in [4.69, 9.17) is 37.4 Å². The molecule has 216 valence electrons. The number of rotatable bonds is 8. The van der Waals surface area contributed by atoms with Gasteiger partial charge in [0.2, 0.25) is 0 Å². The second kappa shape index (κ2) is 12.4. The lowest BCUT2D eigenvalue weighted by Crippen LogP contribution is -2.46. The maximum absolute atomic E-state index is 12.8. The van der Waals surface area contributed by atoms with Gasteiger partial charge in [-0.15, -0.1) is 0 Å². The van der Waals surface area contributed by atoms with Crippen molar-refractivity contribution >= 4 is 29.0 Å². The summed E-state index contributed by atoms with van der Waals surface area (Å²) >= 11 is 12.1. The minimum atomic E-state index is -0.239. The predicted octanol–water partition coefficient (Wildman–Crippen LogP) is 8.55. The largest absolute Gasteiger partial charge is 0.489 e. The van der Waals surface area contributed by atoms with Crippen LogP contribution in [-0.4, -0.2) is 23.3 Å². The van der Waals surface area contributed by atoms with Gasteiger partial charge in [0.05, 0.1) is 16.1 Å². The highest BCUT2D eigenvalue weighted by molar-refractivity contribution is 6.42. The van der Waals surface area contributed by atoms with Gasteiger partial charge in [-0.25, -0.2) is 0 Å². The van der Waals surface area contributed by atoms with Crippen molar-refractivity contribution in [3.63, 3.8) is 0 Å². The Morgan fingerprint density at radius 2 is 1.71 bits per heavy atom. The van der Waals surface area contributed by atoms with Crippen LogP contribution in [0.1, 0.15) is 60.2 Å². The Morgan fingerprint density at radius 3 is 2.43 bits per heavy atom. The molecule has 0 unspecified atom stereocenters. The zero-order valence-electron chi connectivity index (χ0n) is 23.7. The van der Waals surface area contributed by atoms with Gasteiger partial charge < -0.3 is 14.2 Å². The van der Waals surface area contributed by atoms with Gasteiger partial charge in [-0.3, -0.25) is 9.69 Å². The summed E-state index contributed by atoms with van der Waals surface area (Å²) in [7, 11) is 0. The number of nitrogens with zero attached hydrogens (tertiary/aromatic N) is 1. The first-order valence-corrected chi connectivity index (χ1v) is 15.1. The lowest BCUT2D eigenvalue weighted by atomic mass is 9.88. The average Bonchev–Trinajstić information content (AvgIpc) is 3.01. The number of carbonyl (C=O) groups excluding carboxylic acids is 1. The van der Waals surface area contributed by atoms with E-state index in [1.807, 2.05) is 42.5 Å². The van der Waals surface area contributed by atoms with Gasteiger partial charge >= 0.3 is 0 Å². The second-order valence-electron chi connectivity index (χ2n) is 10.9. The van der Waals surface area contributed by atoms with Crippen LogP contribution >= 0.6 is 23.2 Å². The number of hydrogen-bond donors (Lipinski definition) is 0. The molecule has 42 heavy (non-hydrogen) atoms. The zero-order chi connectivity index (χ0) is 29.2. The van der Waals surface area contributed by atoms with Crippen LogP contribution in [0.25, 0.3) is 0 Å². The standard InChI is InChI=1S/C35H33Cl2NO4/c1-3-31(24-7-5-4-6-8-24)38-19-27-18-34-33(17-26(27)16-32(38)22(2)39)41-21-35(42-34)25-10-12-28(13-11-25)40-20-23-9-14-29(36)30(37)15-23/h4-15,17-18,31-32,35H,3,16,19-21H2,1-2H3/t31-,32-,35+/m0/s1. The lowest BCUT2D eigenvalue weighted by Gasteiger charge is -2.41. The summed E-state index contributed by atoms with van der Waals surface area (Å²) in [6.45, 7) is 5.36. The van der Waals surface area contributed by atoms with Crippen molar-refractivity contribution in [2.24, 2.45) is 0 Å². The first kappa shape index (κ1) is 28.6. The molecular formula is C35H33Cl2NO4. The second-order valence-corrected chi connectivity index (χ2v) is 11.7. The molecule has 0 fully saturated rings. The number of halogens is 2. The molecule has 0 saturated heterocycles. The normalized spacial score (nSPS) is 18.7. The van der Waals surface area contributed by atoms with E-state index in [-0.39, 0.29) is 24.0 Å². The highest BCUT2D eigenvalue weighted by atomic mass is 35.5. The Labute approximate surface area is 256 Å². The quantitative estimate of drug-likeness (QED) is 0.202. The minimum Gasteiger partial charge on any atom is -0.489 e. The van der Waals surface area contributed by atoms with E-state index in [0.717, 1.165) is 40.4 Å². The Balaban J connectivity index is 1.17. The molecule has 7 heteroatoms. The highest BCUT2D eigenvalue weighted by Gasteiger charge is 2.35. The molecule has 0 aromatic heterocycles. The fourth-order valence-corrected chi connectivity index (χ4v) is 6.27. The van der Waals surface area contributed by atoms with Crippen molar-refractivity contribution in [3.05, 3.63) is 123 Å². The Morgan fingerprint density at radius 1 is 0.952 bits per heavy atom. The number of ketones is 1. The molecule has 0 N–H and O–H groups in total. The first-order chi connectivity index (χ1) is 20.4. The van der Waals surface area contributed by atoms with Crippen LogP contribution in [0.3, 0.4) is 0 Å². The van der Waals surface area contributed by atoms with E-state index < -0.39 is 0 Å². The maximum atomic E-state index is 12.8. The molecule has 4 aromatic carbocycles. The molecule has 0 saturated carbocycles. The van der Waals surface area contributed by atoms with Crippen LogP contribution in [-0.2, 0) is 24.4 Å². The highest BCUT2D eigenvalue weighted by Crippen LogP contribution is 2.42. The molecule has 0 bridgehead atoms. The van der Waals surface area contributed by atoms with Crippen molar-refractivity contribution < 1.29 is 19.0 Å². The van der Waals surface area contributed by atoms with E-state index in [1.54, 1.807) is 13.0 Å². The van der Waals surface area contributed by atoms with E-state index in [0.29, 0.717) is 36.2 Å². The van der Waals surface area contributed by atoms with Gasteiger partial charge in [0.1, 0.15) is 24.7 Å². The minimum absolute atomic E-state index is 0.159. The third-order valence-electron chi connectivity index (χ3n) is 8.17. The fourth-order valence-electron chi connectivity index (χ4n) is 5.95. The van der Waals surface area contributed by atoms with Crippen molar-refractivity contribution in [2.45, 2.75) is 58.0 Å².